The first kappa shape index (κ1) is 18.5. The molecule has 0 aliphatic carbocycles. The maximum Gasteiger partial charge on any atom is 0.249 e. The summed E-state index contributed by atoms with van der Waals surface area (Å²) in [5.74, 6) is 0.691. The predicted octanol–water partition coefficient (Wildman–Crippen LogP) is 4.13. The number of hydrogen-bond acceptors (Lipinski definition) is 6. The second kappa shape index (κ2) is 7.97. The predicted molar refractivity (Wildman–Crippen MR) is 101 cm³/mol. The van der Waals surface area contributed by atoms with E-state index in [1.54, 1.807) is 11.0 Å². The number of hydrogen-bond donors (Lipinski definition) is 0. The lowest BCUT2D eigenvalue weighted by atomic mass is 10.2. The monoisotopic (exact) mass is 390 g/mol. The zero-order valence-corrected chi connectivity index (χ0v) is 16.3. The van der Waals surface area contributed by atoms with E-state index in [9.17, 15) is 4.79 Å². The Kier molecular flexibility index (Phi) is 5.68. The topological polar surface area (TPSA) is 72.1 Å². The number of halogens is 1. The number of carbonyl (C=O) groups is 1. The average molecular weight is 391 g/mol. The van der Waals surface area contributed by atoms with E-state index in [-0.39, 0.29) is 24.9 Å². The summed E-state index contributed by atoms with van der Waals surface area (Å²) in [6, 6.07) is 7.27. The zero-order valence-electron chi connectivity index (χ0n) is 14.8. The van der Waals surface area contributed by atoms with Gasteiger partial charge in [0, 0.05) is 11.4 Å². The SMILES string of the molecule is Cc1nc(CC(=O)N(Cc2nnc(-c3ccccc3Cl)o2)C(C)C)cs1. The van der Waals surface area contributed by atoms with Gasteiger partial charge in [0.05, 0.1) is 34.3 Å². The molecule has 0 N–H and O–H groups in total. The second-order valence-electron chi connectivity index (χ2n) is 6.13. The summed E-state index contributed by atoms with van der Waals surface area (Å²) >= 11 is 7.71. The Morgan fingerprint density at radius 2 is 2.08 bits per heavy atom. The van der Waals surface area contributed by atoms with Gasteiger partial charge in [0.15, 0.2) is 0 Å². The number of carbonyl (C=O) groups excluding carboxylic acids is 1. The molecule has 2 aromatic heterocycles. The highest BCUT2D eigenvalue weighted by molar-refractivity contribution is 7.09. The van der Waals surface area contributed by atoms with Gasteiger partial charge in [-0.05, 0) is 32.9 Å². The van der Waals surface area contributed by atoms with E-state index in [0.717, 1.165) is 10.7 Å². The summed E-state index contributed by atoms with van der Waals surface area (Å²) in [4.78, 5) is 18.7. The summed E-state index contributed by atoms with van der Waals surface area (Å²) in [6.45, 7) is 6.08. The van der Waals surface area contributed by atoms with Gasteiger partial charge in [0.1, 0.15) is 0 Å². The molecule has 0 aliphatic rings. The van der Waals surface area contributed by atoms with Crippen molar-refractivity contribution in [3.05, 3.63) is 51.3 Å². The summed E-state index contributed by atoms with van der Waals surface area (Å²) < 4.78 is 5.72. The lowest BCUT2D eigenvalue weighted by Crippen LogP contribution is -2.37. The number of rotatable bonds is 6. The van der Waals surface area contributed by atoms with E-state index in [0.29, 0.717) is 22.4 Å². The molecule has 8 heteroatoms. The number of aromatic nitrogens is 3. The molecule has 6 nitrogen and oxygen atoms in total. The standard InChI is InChI=1S/C18H19ClN4O2S/c1-11(2)23(17(24)8-13-10-26-12(3)20-13)9-16-21-22-18(25-16)14-6-4-5-7-15(14)19/h4-7,10-11H,8-9H2,1-3H3. The number of aryl methyl sites for hydroxylation is 1. The fraction of sp³-hybridized carbons (Fsp3) is 0.333. The average Bonchev–Trinajstić information content (AvgIpc) is 3.21. The smallest absolute Gasteiger partial charge is 0.249 e. The fourth-order valence-electron chi connectivity index (χ4n) is 2.51. The van der Waals surface area contributed by atoms with Crippen molar-refractivity contribution in [3.63, 3.8) is 0 Å². The van der Waals surface area contributed by atoms with Crippen LogP contribution in [0, 0.1) is 6.92 Å². The molecule has 1 aromatic carbocycles. The highest BCUT2D eigenvalue weighted by Crippen LogP contribution is 2.26. The molecule has 0 saturated carbocycles. The third-order valence-corrected chi connectivity index (χ3v) is 4.97. The van der Waals surface area contributed by atoms with Crippen LogP contribution in [-0.2, 0) is 17.8 Å². The molecular weight excluding hydrogens is 372 g/mol. The summed E-state index contributed by atoms with van der Waals surface area (Å²) in [6.07, 6.45) is 0.258. The van der Waals surface area contributed by atoms with Crippen molar-refractivity contribution in [2.75, 3.05) is 0 Å². The van der Waals surface area contributed by atoms with Crippen molar-refractivity contribution in [2.24, 2.45) is 0 Å². The highest BCUT2D eigenvalue weighted by atomic mass is 35.5. The number of nitrogens with zero attached hydrogens (tertiary/aromatic N) is 4. The lowest BCUT2D eigenvalue weighted by Gasteiger charge is -2.24. The molecule has 0 spiro atoms. The molecule has 26 heavy (non-hydrogen) atoms. The molecule has 0 fully saturated rings. The molecule has 0 atom stereocenters. The number of benzene rings is 1. The van der Waals surface area contributed by atoms with Gasteiger partial charge in [-0.1, -0.05) is 23.7 Å². The van der Waals surface area contributed by atoms with Gasteiger partial charge in [-0.3, -0.25) is 4.79 Å². The van der Waals surface area contributed by atoms with Crippen LogP contribution in [0.2, 0.25) is 5.02 Å². The van der Waals surface area contributed by atoms with Gasteiger partial charge in [-0.15, -0.1) is 21.5 Å². The van der Waals surface area contributed by atoms with E-state index in [1.165, 1.54) is 11.3 Å². The van der Waals surface area contributed by atoms with Crippen LogP contribution >= 0.6 is 22.9 Å². The second-order valence-corrected chi connectivity index (χ2v) is 7.60. The van der Waals surface area contributed by atoms with Crippen molar-refractivity contribution in [1.29, 1.82) is 0 Å². The highest BCUT2D eigenvalue weighted by Gasteiger charge is 2.22. The Morgan fingerprint density at radius 3 is 2.73 bits per heavy atom. The van der Waals surface area contributed by atoms with Crippen LogP contribution in [0.3, 0.4) is 0 Å². The molecular formula is C18H19ClN4O2S. The Labute approximate surface area is 160 Å². The van der Waals surface area contributed by atoms with E-state index < -0.39 is 0 Å². The molecule has 136 valence electrons. The Bertz CT molecular complexity index is 906. The third kappa shape index (κ3) is 4.28. The summed E-state index contributed by atoms with van der Waals surface area (Å²) in [5, 5.41) is 11.5. The molecule has 0 radical (unpaired) electrons. The van der Waals surface area contributed by atoms with Crippen LogP contribution in [-0.4, -0.2) is 32.0 Å². The molecule has 0 aliphatic heterocycles. The van der Waals surface area contributed by atoms with Crippen LogP contribution < -0.4 is 0 Å². The van der Waals surface area contributed by atoms with Crippen LogP contribution in [0.5, 0.6) is 0 Å². The maximum absolute atomic E-state index is 12.7. The Morgan fingerprint density at radius 1 is 1.31 bits per heavy atom. The van der Waals surface area contributed by atoms with Crippen LogP contribution in [0.1, 0.15) is 30.4 Å². The van der Waals surface area contributed by atoms with Crippen molar-refractivity contribution in [2.45, 2.75) is 39.8 Å². The van der Waals surface area contributed by atoms with E-state index in [2.05, 4.69) is 15.2 Å². The third-order valence-electron chi connectivity index (χ3n) is 3.82. The Balaban J connectivity index is 1.74. The molecule has 2 heterocycles. The van der Waals surface area contributed by atoms with E-state index in [1.807, 2.05) is 44.4 Å². The van der Waals surface area contributed by atoms with Gasteiger partial charge in [-0.25, -0.2) is 4.98 Å². The molecule has 0 unspecified atom stereocenters. The quantitative estimate of drug-likeness (QED) is 0.632. The molecule has 3 aromatic rings. The van der Waals surface area contributed by atoms with E-state index >= 15 is 0 Å². The van der Waals surface area contributed by atoms with Crippen LogP contribution in [0.4, 0.5) is 0 Å². The van der Waals surface area contributed by atoms with Crippen LogP contribution in [0.15, 0.2) is 34.1 Å². The maximum atomic E-state index is 12.7. The zero-order chi connectivity index (χ0) is 18.7. The largest absolute Gasteiger partial charge is 0.419 e. The first-order valence-electron chi connectivity index (χ1n) is 8.22. The molecule has 1 amide bonds. The molecule has 0 bridgehead atoms. The first-order valence-corrected chi connectivity index (χ1v) is 9.47. The van der Waals surface area contributed by atoms with Gasteiger partial charge in [0.25, 0.3) is 0 Å². The molecule has 0 saturated heterocycles. The fourth-order valence-corrected chi connectivity index (χ4v) is 3.34. The Hall–Kier alpha value is -2.25. The van der Waals surface area contributed by atoms with Crippen molar-refractivity contribution in [3.8, 4) is 11.5 Å². The van der Waals surface area contributed by atoms with Crippen molar-refractivity contribution in [1.82, 2.24) is 20.1 Å². The van der Waals surface area contributed by atoms with Gasteiger partial charge < -0.3 is 9.32 Å². The van der Waals surface area contributed by atoms with E-state index in [4.69, 9.17) is 16.0 Å². The minimum atomic E-state index is -0.0252. The van der Waals surface area contributed by atoms with Gasteiger partial charge >= 0.3 is 0 Å². The van der Waals surface area contributed by atoms with Gasteiger partial charge in [-0.2, -0.15) is 0 Å². The lowest BCUT2D eigenvalue weighted by molar-refractivity contribution is -0.133. The normalized spacial score (nSPS) is 11.1. The van der Waals surface area contributed by atoms with Crippen LogP contribution in [0.25, 0.3) is 11.5 Å². The molecule has 3 rings (SSSR count). The minimum absolute atomic E-state index is 0.00195. The summed E-state index contributed by atoms with van der Waals surface area (Å²) in [5.41, 5.74) is 1.46. The van der Waals surface area contributed by atoms with Gasteiger partial charge in [0.2, 0.25) is 17.7 Å². The number of amides is 1. The van der Waals surface area contributed by atoms with Crippen molar-refractivity contribution < 1.29 is 9.21 Å². The number of thiazole rings is 1. The van der Waals surface area contributed by atoms with Crippen molar-refractivity contribution >= 4 is 28.8 Å². The first-order chi connectivity index (χ1) is 12.4. The minimum Gasteiger partial charge on any atom is -0.419 e. The summed E-state index contributed by atoms with van der Waals surface area (Å²) in [7, 11) is 0.